The van der Waals surface area contributed by atoms with E-state index in [1.807, 2.05) is 0 Å². The van der Waals surface area contributed by atoms with E-state index in [1.165, 1.54) is 6.07 Å². The molecule has 0 saturated carbocycles. The third-order valence-corrected chi connectivity index (χ3v) is 2.10. The van der Waals surface area contributed by atoms with Gasteiger partial charge in [-0.05, 0) is 25.1 Å². The highest BCUT2D eigenvalue weighted by Crippen LogP contribution is 2.28. The molecule has 0 unspecified atom stereocenters. The smallest absolute Gasteiger partial charge is 0.166 e. The summed E-state index contributed by atoms with van der Waals surface area (Å²) in [5.41, 5.74) is 11.3. The van der Waals surface area contributed by atoms with Crippen molar-refractivity contribution in [1.29, 1.82) is 5.26 Å². The third-order valence-electron chi connectivity index (χ3n) is 2.10. The summed E-state index contributed by atoms with van der Waals surface area (Å²) < 4.78 is 13.1. The van der Waals surface area contributed by atoms with E-state index in [2.05, 4.69) is 0 Å². The van der Waals surface area contributed by atoms with Gasteiger partial charge >= 0.3 is 0 Å². The topological polar surface area (TPSA) is 96.1 Å². The van der Waals surface area contributed by atoms with Crippen molar-refractivity contribution in [3.05, 3.63) is 29.1 Å². The first-order chi connectivity index (χ1) is 7.10. The van der Waals surface area contributed by atoms with Crippen molar-refractivity contribution in [2.45, 2.75) is 12.5 Å². The Morgan fingerprint density at radius 3 is 2.73 bits per heavy atom. The fraction of sp³-hybridized carbons (Fsp3) is 0.300. The molecule has 0 aliphatic heterocycles. The summed E-state index contributed by atoms with van der Waals surface area (Å²) in [5, 5.41) is 18.0. The van der Waals surface area contributed by atoms with Crippen LogP contribution in [0.25, 0.3) is 0 Å². The van der Waals surface area contributed by atoms with Gasteiger partial charge in [0.2, 0.25) is 0 Å². The standard InChI is InChI=1S/C10H12FN3O/c11-8-4-6(5-13)3-7(10(8)15)9(14)1-2-12/h3-4,9,15H,1-2,12,14H2/t9-/m1/s1. The summed E-state index contributed by atoms with van der Waals surface area (Å²) in [5.74, 6) is -1.34. The summed E-state index contributed by atoms with van der Waals surface area (Å²) in [7, 11) is 0. The summed E-state index contributed by atoms with van der Waals surface area (Å²) >= 11 is 0. The highest BCUT2D eigenvalue weighted by molar-refractivity contribution is 5.44. The van der Waals surface area contributed by atoms with Gasteiger partial charge in [0.05, 0.1) is 11.6 Å². The second-order valence-corrected chi connectivity index (χ2v) is 3.19. The zero-order valence-electron chi connectivity index (χ0n) is 8.07. The number of benzene rings is 1. The van der Waals surface area contributed by atoms with Gasteiger partial charge in [0.15, 0.2) is 11.6 Å². The quantitative estimate of drug-likeness (QED) is 0.684. The molecule has 1 atom stereocenters. The van der Waals surface area contributed by atoms with Crippen LogP contribution in [0.15, 0.2) is 12.1 Å². The number of nitrogens with two attached hydrogens (primary N) is 2. The van der Waals surface area contributed by atoms with Crippen LogP contribution in [0.3, 0.4) is 0 Å². The van der Waals surface area contributed by atoms with Crippen LogP contribution >= 0.6 is 0 Å². The number of aromatic hydroxyl groups is 1. The van der Waals surface area contributed by atoms with Gasteiger partial charge in [0.1, 0.15) is 0 Å². The molecule has 1 rings (SSSR count). The molecule has 0 fully saturated rings. The number of hydrogen-bond acceptors (Lipinski definition) is 4. The maximum absolute atomic E-state index is 13.1. The second-order valence-electron chi connectivity index (χ2n) is 3.19. The van der Waals surface area contributed by atoms with Gasteiger partial charge < -0.3 is 16.6 Å². The van der Waals surface area contributed by atoms with Crippen LogP contribution in [-0.4, -0.2) is 11.7 Å². The Balaban J connectivity index is 3.16. The summed E-state index contributed by atoms with van der Waals surface area (Å²) in [6.07, 6.45) is 0.419. The van der Waals surface area contributed by atoms with Gasteiger partial charge in [-0.2, -0.15) is 5.26 Å². The van der Waals surface area contributed by atoms with E-state index in [9.17, 15) is 9.50 Å². The number of phenols is 1. The maximum Gasteiger partial charge on any atom is 0.166 e. The first-order valence-electron chi connectivity index (χ1n) is 4.48. The number of halogens is 1. The Hall–Kier alpha value is -1.64. The van der Waals surface area contributed by atoms with E-state index in [-0.39, 0.29) is 11.1 Å². The fourth-order valence-corrected chi connectivity index (χ4v) is 1.30. The second kappa shape index (κ2) is 4.73. The Bertz CT molecular complexity index is 400. The number of nitriles is 1. The van der Waals surface area contributed by atoms with Gasteiger partial charge in [-0.25, -0.2) is 4.39 Å². The van der Waals surface area contributed by atoms with Crippen LogP contribution in [-0.2, 0) is 0 Å². The van der Waals surface area contributed by atoms with Gasteiger partial charge in [0.25, 0.3) is 0 Å². The van der Waals surface area contributed by atoms with E-state index in [0.717, 1.165) is 6.07 Å². The predicted molar refractivity (Wildman–Crippen MR) is 53.4 cm³/mol. The number of nitrogens with zero attached hydrogens (tertiary/aromatic N) is 1. The average Bonchev–Trinajstić information content (AvgIpc) is 2.22. The lowest BCUT2D eigenvalue weighted by atomic mass is 10.0. The van der Waals surface area contributed by atoms with Crippen LogP contribution in [0.1, 0.15) is 23.6 Å². The Morgan fingerprint density at radius 1 is 1.53 bits per heavy atom. The Labute approximate surface area is 86.9 Å². The third kappa shape index (κ3) is 2.43. The lowest BCUT2D eigenvalue weighted by Gasteiger charge is -2.13. The molecule has 5 heteroatoms. The van der Waals surface area contributed by atoms with Crippen molar-refractivity contribution in [2.24, 2.45) is 11.5 Å². The molecule has 0 aliphatic carbocycles. The Morgan fingerprint density at radius 2 is 2.20 bits per heavy atom. The van der Waals surface area contributed by atoms with Crippen molar-refractivity contribution in [3.63, 3.8) is 0 Å². The van der Waals surface area contributed by atoms with E-state index in [1.54, 1.807) is 6.07 Å². The van der Waals surface area contributed by atoms with Gasteiger partial charge in [-0.1, -0.05) is 0 Å². The normalized spacial score (nSPS) is 12.1. The molecule has 0 radical (unpaired) electrons. The average molecular weight is 209 g/mol. The minimum absolute atomic E-state index is 0.132. The molecule has 0 amide bonds. The van der Waals surface area contributed by atoms with Crippen molar-refractivity contribution in [1.82, 2.24) is 0 Å². The lowest BCUT2D eigenvalue weighted by Crippen LogP contribution is -2.16. The number of phenolic OH excluding ortho intramolecular Hbond substituents is 1. The van der Waals surface area contributed by atoms with Crippen LogP contribution in [0.2, 0.25) is 0 Å². The highest BCUT2D eigenvalue weighted by Gasteiger charge is 2.15. The summed E-state index contributed by atoms with van der Waals surface area (Å²) in [4.78, 5) is 0. The zero-order valence-corrected chi connectivity index (χ0v) is 8.07. The first kappa shape index (κ1) is 11.4. The molecule has 0 bridgehead atoms. The van der Waals surface area contributed by atoms with Gasteiger partial charge in [-0.15, -0.1) is 0 Å². The molecule has 1 aromatic carbocycles. The van der Waals surface area contributed by atoms with Crippen molar-refractivity contribution >= 4 is 0 Å². The molecule has 0 saturated heterocycles. The van der Waals surface area contributed by atoms with Crippen molar-refractivity contribution < 1.29 is 9.50 Å². The molecule has 0 spiro atoms. The molecule has 80 valence electrons. The molecule has 1 aromatic rings. The highest BCUT2D eigenvalue weighted by atomic mass is 19.1. The van der Waals surface area contributed by atoms with Crippen LogP contribution in [0.5, 0.6) is 5.75 Å². The largest absolute Gasteiger partial charge is 0.505 e. The molecular formula is C10H12FN3O. The van der Waals surface area contributed by atoms with Crippen molar-refractivity contribution in [2.75, 3.05) is 6.54 Å². The van der Waals surface area contributed by atoms with Crippen LogP contribution in [0.4, 0.5) is 4.39 Å². The van der Waals surface area contributed by atoms with Gasteiger partial charge in [-0.3, -0.25) is 0 Å². The van der Waals surface area contributed by atoms with E-state index in [4.69, 9.17) is 16.7 Å². The molecule has 0 aromatic heterocycles. The minimum atomic E-state index is -0.837. The zero-order chi connectivity index (χ0) is 11.4. The summed E-state index contributed by atoms with van der Waals surface area (Å²) in [6.45, 7) is 0.332. The molecule has 0 aliphatic rings. The molecule has 0 heterocycles. The minimum Gasteiger partial charge on any atom is -0.505 e. The monoisotopic (exact) mass is 209 g/mol. The molecule has 15 heavy (non-hydrogen) atoms. The van der Waals surface area contributed by atoms with E-state index < -0.39 is 17.6 Å². The Kier molecular flexibility index (Phi) is 3.61. The molecule has 5 N–H and O–H groups in total. The summed E-state index contributed by atoms with van der Waals surface area (Å²) in [6, 6.07) is 3.58. The predicted octanol–water partition coefficient (Wildman–Crippen LogP) is 0.752. The lowest BCUT2D eigenvalue weighted by molar-refractivity contribution is 0.419. The van der Waals surface area contributed by atoms with Crippen molar-refractivity contribution in [3.8, 4) is 11.8 Å². The number of hydrogen-bond donors (Lipinski definition) is 3. The SMILES string of the molecule is N#Cc1cc(F)c(O)c([C@H](N)CCN)c1. The van der Waals surface area contributed by atoms with E-state index in [0.29, 0.717) is 13.0 Å². The number of rotatable bonds is 3. The van der Waals surface area contributed by atoms with Gasteiger partial charge in [0, 0.05) is 11.6 Å². The van der Waals surface area contributed by atoms with E-state index >= 15 is 0 Å². The van der Waals surface area contributed by atoms with Crippen LogP contribution in [0, 0.1) is 17.1 Å². The van der Waals surface area contributed by atoms with Crippen LogP contribution < -0.4 is 11.5 Å². The molecular weight excluding hydrogens is 197 g/mol. The first-order valence-corrected chi connectivity index (χ1v) is 4.48. The fourth-order valence-electron chi connectivity index (χ4n) is 1.30. The molecule has 4 nitrogen and oxygen atoms in total. The maximum atomic E-state index is 13.1.